The van der Waals surface area contributed by atoms with Crippen molar-refractivity contribution in [1.82, 2.24) is 5.32 Å². The Labute approximate surface area is 124 Å². The van der Waals surface area contributed by atoms with Crippen molar-refractivity contribution >= 4 is 11.9 Å². The van der Waals surface area contributed by atoms with E-state index in [2.05, 4.69) is 12.2 Å². The zero-order chi connectivity index (χ0) is 15.7. The van der Waals surface area contributed by atoms with Crippen molar-refractivity contribution < 1.29 is 24.2 Å². The van der Waals surface area contributed by atoms with E-state index in [4.69, 9.17) is 14.6 Å². The first kappa shape index (κ1) is 17.0. The van der Waals surface area contributed by atoms with Crippen molar-refractivity contribution in [3.63, 3.8) is 0 Å². The summed E-state index contributed by atoms with van der Waals surface area (Å²) in [6.45, 7) is 3.81. The van der Waals surface area contributed by atoms with Gasteiger partial charge in [-0.1, -0.05) is 19.1 Å². The van der Waals surface area contributed by atoms with E-state index in [-0.39, 0.29) is 25.7 Å². The summed E-state index contributed by atoms with van der Waals surface area (Å²) in [6, 6.07) is 7.55. The SMILES string of the molecule is CCc1ccc(OCC(=O)NCCOC(C)C(=O)O)cc1. The lowest BCUT2D eigenvalue weighted by Crippen LogP contribution is -2.33. The van der Waals surface area contributed by atoms with Crippen molar-refractivity contribution in [2.45, 2.75) is 26.4 Å². The first-order valence-electron chi connectivity index (χ1n) is 6.85. The molecule has 1 aromatic rings. The Kier molecular flexibility index (Phi) is 7.25. The van der Waals surface area contributed by atoms with Gasteiger partial charge in [-0.25, -0.2) is 4.79 Å². The molecule has 2 N–H and O–H groups in total. The zero-order valence-corrected chi connectivity index (χ0v) is 12.3. The van der Waals surface area contributed by atoms with E-state index in [0.717, 1.165) is 6.42 Å². The van der Waals surface area contributed by atoms with Crippen LogP contribution in [0.5, 0.6) is 5.75 Å². The molecule has 0 aromatic heterocycles. The van der Waals surface area contributed by atoms with Gasteiger partial charge >= 0.3 is 5.97 Å². The number of aryl methyl sites for hydroxylation is 1. The molecular weight excluding hydrogens is 274 g/mol. The summed E-state index contributed by atoms with van der Waals surface area (Å²) >= 11 is 0. The lowest BCUT2D eigenvalue weighted by Gasteiger charge is -2.10. The average molecular weight is 295 g/mol. The number of benzene rings is 1. The van der Waals surface area contributed by atoms with Gasteiger partial charge in [0, 0.05) is 6.54 Å². The van der Waals surface area contributed by atoms with E-state index in [9.17, 15) is 9.59 Å². The van der Waals surface area contributed by atoms with Gasteiger partial charge in [-0.3, -0.25) is 4.79 Å². The fourth-order valence-electron chi connectivity index (χ4n) is 1.52. The minimum atomic E-state index is -1.03. The van der Waals surface area contributed by atoms with Crippen LogP contribution in [-0.2, 0) is 20.7 Å². The first-order valence-corrected chi connectivity index (χ1v) is 6.85. The number of hydrogen-bond donors (Lipinski definition) is 2. The molecule has 0 heterocycles. The maximum atomic E-state index is 11.5. The van der Waals surface area contributed by atoms with Gasteiger partial charge in [-0.2, -0.15) is 0 Å². The first-order chi connectivity index (χ1) is 10.0. The van der Waals surface area contributed by atoms with Crippen molar-refractivity contribution in [3.8, 4) is 5.75 Å². The van der Waals surface area contributed by atoms with Crippen LogP contribution in [0.1, 0.15) is 19.4 Å². The van der Waals surface area contributed by atoms with Crippen molar-refractivity contribution in [3.05, 3.63) is 29.8 Å². The second kappa shape index (κ2) is 8.97. The molecule has 0 saturated carbocycles. The Morgan fingerprint density at radius 3 is 2.52 bits per heavy atom. The molecule has 6 heteroatoms. The van der Waals surface area contributed by atoms with E-state index in [0.29, 0.717) is 5.75 Å². The van der Waals surface area contributed by atoms with Gasteiger partial charge in [0.1, 0.15) is 5.75 Å². The molecule has 21 heavy (non-hydrogen) atoms. The van der Waals surface area contributed by atoms with Crippen LogP contribution in [0.3, 0.4) is 0 Å². The smallest absolute Gasteiger partial charge is 0.332 e. The maximum Gasteiger partial charge on any atom is 0.332 e. The number of carboxylic acid groups (broad SMARTS) is 1. The number of ether oxygens (including phenoxy) is 2. The molecule has 1 amide bonds. The van der Waals surface area contributed by atoms with Gasteiger partial charge in [-0.15, -0.1) is 0 Å². The Morgan fingerprint density at radius 2 is 1.95 bits per heavy atom. The highest BCUT2D eigenvalue weighted by Gasteiger charge is 2.10. The minimum absolute atomic E-state index is 0.0834. The molecule has 0 saturated heterocycles. The van der Waals surface area contributed by atoms with Gasteiger partial charge in [0.25, 0.3) is 5.91 Å². The van der Waals surface area contributed by atoms with Gasteiger partial charge in [0.15, 0.2) is 12.7 Å². The fourth-order valence-corrected chi connectivity index (χ4v) is 1.52. The van der Waals surface area contributed by atoms with Crippen LogP contribution in [0.2, 0.25) is 0 Å². The number of aliphatic carboxylic acids is 1. The molecule has 1 aromatic carbocycles. The highest BCUT2D eigenvalue weighted by Crippen LogP contribution is 2.12. The van der Waals surface area contributed by atoms with Crippen LogP contribution in [0.4, 0.5) is 0 Å². The molecule has 116 valence electrons. The number of carbonyl (C=O) groups is 2. The van der Waals surface area contributed by atoms with Gasteiger partial charge in [0.05, 0.1) is 6.61 Å². The van der Waals surface area contributed by atoms with Crippen LogP contribution in [-0.4, -0.2) is 42.8 Å². The summed E-state index contributed by atoms with van der Waals surface area (Å²) in [5, 5.41) is 11.2. The summed E-state index contributed by atoms with van der Waals surface area (Å²) in [7, 11) is 0. The molecule has 0 aliphatic carbocycles. The van der Waals surface area contributed by atoms with Crippen LogP contribution >= 0.6 is 0 Å². The molecule has 0 radical (unpaired) electrons. The van der Waals surface area contributed by atoms with E-state index < -0.39 is 12.1 Å². The molecule has 6 nitrogen and oxygen atoms in total. The van der Waals surface area contributed by atoms with Crippen molar-refractivity contribution in [1.29, 1.82) is 0 Å². The zero-order valence-electron chi connectivity index (χ0n) is 12.3. The summed E-state index contributed by atoms with van der Waals surface area (Å²) in [4.78, 5) is 22.0. The van der Waals surface area contributed by atoms with Gasteiger partial charge in [0.2, 0.25) is 0 Å². The average Bonchev–Trinajstić information content (AvgIpc) is 2.49. The molecule has 1 unspecified atom stereocenters. The fraction of sp³-hybridized carbons (Fsp3) is 0.467. The number of hydrogen-bond acceptors (Lipinski definition) is 4. The topological polar surface area (TPSA) is 84.9 Å². The Morgan fingerprint density at radius 1 is 1.29 bits per heavy atom. The van der Waals surface area contributed by atoms with E-state index in [1.807, 2.05) is 24.3 Å². The lowest BCUT2D eigenvalue weighted by molar-refractivity contribution is -0.149. The Balaban J connectivity index is 2.17. The molecule has 0 bridgehead atoms. The van der Waals surface area contributed by atoms with E-state index >= 15 is 0 Å². The number of carbonyl (C=O) groups excluding carboxylic acids is 1. The summed E-state index contributed by atoms with van der Waals surface area (Å²) in [5.74, 6) is -0.667. The van der Waals surface area contributed by atoms with Crippen molar-refractivity contribution in [2.75, 3.05) is 19.8 Å². The molecule has 0 spiro atoms. The van der Waals surface area contributed by atoms with E-state index in [1.54, 1.807) is 0 Å². The van der Waals surface area contributed by atoms with E-state index in [1.165, 1.54) is 12.5 Å². The monoisotopic (exact) mass is 295 g/mol. The minimum Gasteiger partial charge on any atom is -0.484 e. The molecule has 0 aliphatic rings. The highest BCUT2D eigenvalue weighted by atomic mass is 16.5. The maximum absolute atomic E-state index is 11.5. The predicted molar refractivity (Wildman–Crippen MR) is 77.4 cm³/mol. The van der Waals surface area contributed by atoms with Crippen LogP contribution in [0, 0.1) is 0 Å². The molecule has 0 fully saturated rings. The third-order valence-corrected chi connectivity index (χ3v) is 2.84. The normalized spacial score (nSPS) is 11.7. The van der Waals surface area contributed by atoms with Crippen LogP contribution < -0.4 is 10.1 Å². The second-order valence-corrected chi connectivity index (χ2v) is 4.49. The second-order valence-electron chi connectivity index (χ2n) is 4.49. The lowest BCUT2D eigenvalue weighted by atomic mass is 10.2. The van der Waals surface area contributed by atoms with Gasteiger partial charge < -0.3 is 19.9 Å². The summed E-state index contributed by atoms with van der Waals surface area (Å²) in [5.41, 5.74) is 1.21. The number of rotatable bonds is 9. The van der Waals surface area contributed by atoms with Crippen LogP contribution in [0.15, 0.2) is 24.3 Å². The van der Waals surface area contributed by atoms with Crippen LogP contribution in [0.25, 0.3) is 0 Å². The molecule has 1 atom stereocenters. The van der Waals surface area contributed by atoms with Crippen molar-refractivity contribution in [2.24, 2.45) is 0 Å². The number of amides is 1. The summed E-state index contributed by atoms with van der Waals surface area (Å²) in [6.07, 6.45) is 0.0745. The number of nitrogens with one attached hydrogen (secondary N) is 1. The summed E-state index contributed by atoms with van der Waals surface area (Å²) < 4.78 is 10.3. The third kappa shape index (κ3) is 6.76. The molecule has 0 aliphatic heterocycles. The predicted octanol–water partition coefficient (Wildman–Crippen LogP) is 1.23. The highest BCUT2D eigenvalue weighted by molar-refractivity contribution is 5.77. The third-order valence-electron chi connectivity index (χ3n) is 2.84. The molecular formula is C15H21NO5. The standard InChI is InChI=1S/C15H21NO5/c1-3-12-4-6-13(7-5-12)21-10-14(17)16-8-9-20-11(2)15(18)19/h4-7,11H,3,8-10H2,1-2H3,(H,16,17)(H,18,19). The largest absolute Gasteiger partial charge is 0.484 e. The Bertz CT molecular complexity index is 458. The van der Waals surface area contributed by atoms with Gasteiger partial charge in [-0.05, 0) is 31.0 Å². The number of carboxylic acids is 1. The quantitative estimate of drug-likeness (QED) is 0.669. The molecule has 1 rings (SSSR count). The Hall–Kier alpha value is -2.08.